The van der Waals surface area contributed by atoms with E-state index < -0.39 is 5.97 Å². The first-order chi connectivity index (χ1) is 7.77. The van der Waals surface area contributed by atoms with Crippen LogP contribution >= 0.6 is 0 Å². The van der Waals surface area contributed by atoms with Gasteiger partial charge < -0.3 is 14.9 Å². The van der Waals surface area contributed by atoms with Gasteiger partial charge in [-0.1, -0.05) is 5.16 Å². The second kappa shape index (κ2) is 4.43. The molecular formula is C10H9N3O3. The lowest BCUT2D eigenvalue weighted by molar-refractivity contribution is 0.0691. The van der Waals surface area contributed by atoms with Crippen molar-refractivity contribution in [2.24, 2.45) is 0 Å². The van der Waals surface area contributed by atoms with Crippen molar-refractivity contribution in [2.45, 2.75) is 6.54 Å². The molecule has 0 spiro atoms. The fraction of sp³-hybridized carbons (Fsp3) is 0.100. The molecule has 0 aliphatic carbocycles. The molecule has 0 radical (unpaired) electrons. The topological polar surface area (TPSA) is 88.2 Å². The number of hydrogen-bond donors (Lipinski definition) is 2. The molecule has 0 aliphatic heterocycles. The standard InChI is InChI=1S/C10H9N3O3/c14-10(15)9-8(2-1-4-11-9)12-6-7-3-5-16-13-7/h1-5,12H,6H2,(H,14,15). The number of nitrogens with zero attached hydrogens (tertiary/aromatic N) is 2. The molecule has 2 rings (SSSR count). The summed E-state index contributed by atoms with van der Waals surface area (Å²) in [5.41, 5.74) is 1.14. The molecule has 0 bridgehead atoms. The maximum atomic E-state index is 10.8. The SMILES string of the molecule is O=C(O)c1ncccc1NCc1ccon1. The minimum atomic E-state index is -1.07. The molecule has 82 valence electrons. The van der Waals surface area contributed by atoms with E-state index in [1.165, 1.54) is 12.5 Å². The van der Waals surface area contributed by atoms with Gasteiger partial charge in [-0.25, -0.2) is 9.78 Å². The second-order valence-electron chi connectivity index (χ2n) is 3.05. The van der Waals surface area contributed by atoms with Crippen molar-refractivity contribution in [3.63, 3.8) is 0 Å². The van der Waals surface area contributed by atoms with E-state index >= 15 is 0 Å². The number of hydrogen-bond acceptors (Lipinski definition) is 5. The predicted molar refractivity (Wildman–Crippen MR) is 55.0 cm³/mol. The number of carboxylic acids is 1. The van der Waals surface area contributed by atoms with Crippen LogP contribution in [0.2, 0.25) is 0 Å². The lowest BCUT2D eigenvalue weighted by atomic mass is 10.3. The van der Waals surface area contributed by atoms with Crippen molar-refractivity contribution in [3.8, 4) is 0 Å². The minimum Gasteiger partial charge on any atom is -0.476 e. The number of aromatic carboxylic acids is 1. The minimum absolute atomic E-state index is 0.00834. The van der Waals surface area contributed by atoms with E-state index in [1.54, 1.807) is 18.2 Å². The highest BCUT2D eigenvalue weighted by molar-refractivity contribution is 5.91. The van der Waals surface area contributed by atoms with Gasteiger partial charge in [0.2, 0.25) is 0 Å². The van der Waals surface area contributed by atoms with Gasteiger partial charge in [-0.2, -0.15) is 0 Å². The van der Waals surface area contributed by atoms with Crippen molar-refractivity contribution in [2.75, 3.05) is 5.32 Å². The Balaban J connectivity index is 2.12. The van der Waals surface area contributed by atoms with E-state index in [0.717, 1.165) is 0 Å². The third-order valence-corrected chi connectivity index (χ3v) is 1.96. The highest BCUT2D eigenvalue weighted by atomic mass is 16.5. The zero-order valence-electron chi connectivity index (χ0n) is 8.25. The molecular weight excluding hydrogens is 210 g/mol. The Bertz CT molecular complexity index is 482. The van der Waals surface area contributed by atoms with Crippen molar-refractivity contribution in [3.05, 3.63) is 42.0 Å². The molecule has 0 saturated carbocycles. The van der Waals surface area contributed by atoms with Crippen molar-refractivity contribution >= 4 is 11.7 Å². The van der Waals surface area contributed by atoms with Gasteiger partial charge in [0.25, 0.3) is 0 Å². The van der Waals surface area contributed by atoms with Gasteiger partial charge in [-0.05, 0) is 12.1 Å². The lowest BCUT2D eigenvalue weighted by Gasteiger charge is -2.06. The quantitative estimate of drug-likeness (QED) is 0.807. The van der Waals surface area contributed by atoms with E-state index in [0.29, 0.717) is 17.9 Å². The Morgan fingerprint density at radius 2 is 2.38 bits per heavy atom. The van der Waals surface area contributed by atoms with E-state index in [9.17, 15) is 4.79 Å². The van der Waals surface area contributed by atoms with Crippen LogP contribution in [0.1, 0.15) is 16.2 Å². The molecule has 2 aromatic rings. The molecule has 6 heteroatoms. The van der Waals surface area contributed by atoms with Gasteiger partial charge in [0.1, 0.15) is 12.0 Å². The molecule has 2 heterocycles. The Kier molecular flexibility index (Phi) is 2.81. The summed E-state index contributed by atoms with van der Waals surface area (Å²) in [5, 5.41) is 15.5. The summed E-state index contributed by atoms with van der Waals surface area (Å²) in [7, 11) is 0. The average Bonchev–Trinajstić information content (AvgIpc) is 2.79. The van der Waals surface area contributed by atoms with Crippen LogP contribution in [0.25, 0.3) is 0 Å². The van der Waals surface area contributed by atoms with E-state index in [-0.39, 0.29) is 5.69 Å². The Hall–Kier alpha value is -2.37. The molecule has 0 amide bonds. The van der Waals surface area contributed by atoms with E-state index in [1.807, 2.05) is 0 Å². The molecule has 6 nitrogen and oxygen atoms in total. The van der Waals surface area contributed by atoms with Crippen LogP contribution < -0.4 is 5.32 Å². The van der Waals surface area contributed by atoms with Crippen LogP contribution in [0.15, 0.2) is 35.2 Å². The Morgan fingerprint density at radius 1 is 1.50 bits per heavy atom. The molecule has 2 N–H and O–H groups in total. The van der Waals surface area contributed by atoms with E-state index in [2.05, 4.69) is 20.0 Å². The van der Waals surface area contributed by atoms with Crippen LogP contribution in [0.3, 0.4) is 0 Å². The predicted octanol–water partition coefficient (Wildman–Crippen LogP) is 1.38. The zero-order chi connectivity index (χ0) is 11.4. The van der Waals surface area contributed by atoms with Crippen molar-refractivity contribution < 1.29 is 14.4 Å². The number of nitrogens with one attached hydrogen (secondary N) is 1. The number of anilines is 1. The Labute approximate surface area is 90.9 Å². The number of aromatic nitrogens is 2. The fourth-order valence-corrected chi connectivity index (χ4v) is 1.23. The summed E-state index contributed by atoms with van der Waals surface area (Å²) in [6.07, 6.45) is 2.89. The highest BCUT2D eigenvalue weighted by Gasteiger charge is 2.10. The largest absolute Gasteiger partial charge is 0.476 e. The molecule has 16 heavy (non-hydrogen) atoms. The van der Waals surface area contributed by atoms with Crippen LogP contribution in [0.4, 0.5) is 5.69 Å². The number of pyridine rings is 1. The van der Waals surface area contributed by atoms with E-state index in [4.69, 9.17) is 5.11 Å². The van der Waals surface area contributed by atoms with Crippen LogP contribution in [0.5, 0.6) is 0 Å². The number of carbonyl (C=O) groups is 1. The summed E-state index contributed by atoms with van der Waals surface area (Å²) in [4.78, 5) is 14.6. The molecule has 2 aromatic heterocycles. The maximum Gasteiger partial charge on any atom is 0.356 e. The van der Waals surface area contributed by atoms with Crippen molar-refractivity contribution in [1.82, 2.24) is 10.1 Å². The van der Waals surface area contributed by atoms with Gasteiger partial charge in [-0.15, -0.1) is 0 Å². The zero-order valence-corrected chi connectivity index (χ0v) is 8.25. The molecule has 0 atom stereocenters. The third kappa shape index (κ3) is 2.17. The molecule has 0 fully saturated rings. The van der Waals surface area contributed by atoms with Crippen LogP contribution in [-0.4, -0.2) is 21.2 Å². The molecule has 0 aliphatic rings. The third-order valence-electron chi connectivity index (χ3n) is 1.96. The summed E-state index contributed by atoms with van der Waals surface area (Å²) >= 11 is 0. The first-order valence-corrected chi connectivity index (χ1v) is 4.59. The number of carboxylic acid groups (broad SMARTS) is 1. The Morgan fingerprint density at radius 3 is 3.06 bits per heavy atom. The summed E-state index contributed by atoms with van der Waals surface area (Å²) in [6.45, 7) is 0.391. The second-order valence-corrected chi connectivity index (χ2v) is 3.05. The number of rotatable bonds is 4. The first kappa shape index (κ1) is 10.2. The average molecular weight is 219 g/mol. The van der Waals surface area contributed by atoms with Gasteiger partial charge >= 0.3 is 5.97 Å². The van der Waals surface area contributed by atoms with Crippen molar-refractivity contribution in [1.29, 1.82) is 0 Å². The van der Waals surface area contributed by atoms with Gasteiger partial charge in [0, 0.05) is 12.3 Å². The summed E-state index contributed by atoms with van der Waals surface area (Å²) in [5.74, 6) is -1.07. The van der Waals surface area contributed by atoms with Crippen LogP contribution in [-0.2, 0) is 6.54 Å². The summed E-state index contributed by atoms with van der Waals surface area (Å²) < 4.78 is 4.66. The van der Waals surface area contributed by atoms with Crippen LogP contribution in [0, 0.1) is 0 Å². The van der Waals surface area contributed by atoms with Gasteiger partial charge in [0.15, 0.2) is 5.69 Å². The van der Waals surface area contributed by atoms with Gasteiger partial charge in [-0.3, -0.25) is 0 Å². The molecule has 0 saturated heterocycles. The monoisotopic (exact) mass is 219 g/mol. The smallest absolute Gasteiger partial charge is 0.356 e. The molecule has 0 unspecified atom stereocenters. The highest BCUT2D eigenvalue weighted by Crippen LogP contribution is 2.12. The molecule has 0 aromatic carbocycles. The normalized spacial score (nSPS) is 10.0. The lowest BCUT2D eigenvalue weighted by Crippen LogP contribution is -2.08. The fourth-order valence-electron chi connectivity index (χ4n) is 1.23. The maximum absolute atomic E-state index is 10.8. The first-order valence-electron chi connectivity index (χ1n) is 4.59. The summed E-state index contributed by atoms with van der Waals surface area (Å²) in [6, 6.07) is 5.01. The van der Waals surface area contributed by atoms with Gasteiger partial charge in [0.05, 0.1) is 12.2 Å².